The second-order valence-electron chi connectivity index (χ2n) is 9.91. The van der Waals surface area contributed by atoms with Gasteiger partial charge in [0.25, 0.3) is 0 Å². The molecule has 1 N–H and O–H groups in total. The second-order valence-corrected chi connectivity index (χ2v) is 9.91. The molecule has 172 valence electrons. The Labute approximate surface area is 197 Å². The molecule has 1 atom stereocenters. The van der Waals surface area contributed by atoms with Crippen LogP contribution in [0.1, 0.15) is 32.8 Å². The van der Waals surface area contributed by atoms with E-state index in [1.165, 1.54) is 0 Å². The number of hydrogen-bond acceptors (Lipinski definition) is 8. The summed E-state index contributed by atoms with van der Waals surface area (Å²) in [5.74, 6) is 1.15. The summed E-state index contributed by atoms with van der Waals surface area (Å²) in [6, 6.07) is 7.49. The van der Waals surface area contributed by atoms with Crippen molar-refractivity contribution >= 4 is 16.9 Å². The van der Waals surface area contributed by atoms with Gasteiger partial charge in [-0.2, -0.15) is 10.4 Å². The van der Waals surface area contributed by atoms with E-state index in [2.05, 4.69) is 57.0 Å². The lowest BCUT2D eigenvalue weighted by Crippen LogP contribution is -2.27. The SMILES string of the molecule is Cn1cc2cc(-c3cnc(-c4cnc(N5CC[C@H](C(C)(C)C)C5)nn4)c(O)c3)cc(C#N)c2n1. The van der Waals surface area contributed by atoms with E-state index in [0.29, 0.717) is 39.9 Å². The summed E-state index contributed by atoms with van der Waals surface area (Å²) < 4.78 is 1.68. The molecular formula is C25H26N8O. The molecule has 1 fully saturated rings. The lowest BCUT2D eigenvalue weighted by molar-refractivity contribution is 0.263. The molecule has 3 aromatic heterocycles. The minimum Gasteiger partial charge on any atom is -0.506 e. The van der Waals surface area contributed by atoms with Crippen molar-refractivity contribution in [3.8, 4) is 34.3 Å². The molecule has 9 heteroatoms. The van der Waals surface area contributed by atoms with E-state index in [4.69, 9.17) is 0 Å². The van der Waals surface area contributed by atoms with Gasteiger partial charge < -0.3 is 10.0 Å². The number of fused-ring (bicyclic) bond motifs is 1. The summed E-state index contributed by atoms with van der Waals surface area (Å²) >= 11 is 0. The normalized spacial score (nSPS) is 16.2. The zero-order chi connectivity index (χ0) is 24.0. The van der Waals surface area contributed by atoms with Gasteiger partial charge in [0.2, 0.25) is 5.95 Å². The van der Waals surface area contributed by atoms with Crippen LogP contribution < -0.4 is 4.90 Å². The average molecular weight is 455 g/mol. The second kappa shape index (κ2) is 8.06. The Kier molecular flexibility index (Phi) is 5.16. The Balaban J connectivity index is 1.40. The van der Waals surface area contributed by atoms with Crippen molar-refractivity contribution in [2.45, 2.75) is 27.2 Å². The molecule has 0 bridgehead atoms. The van der Waals surface area contributed by atoms with Crippen molar-refractivity contribution in [1.29, 1.82) is 5.26 Å². The van der Waals surface area contributed by atoms with Gasteiger partial charge in [-0.15, -0.1) is 10.2 Å². The number of aromatic nitrogens is 6. The minimum absolute atomic E-state index is 0.0277. The molecule has 0 spiro atoms. The summed E-state index contributed by atoms with van der Waals surface area (Å²) in [6.07, 6.45) is 6.21. The maximum atomic E-state index is 10.7. The Bertz CT molecular complexity index is 1410. The molecule has 0 aliphatic carbocycles. The van der Waals surface area contributed by atoms with Gasteiger partial charge >= 0.3 is 0 Å². The maximum Gasteiger partial charge on any atom is 0.245 e. The van der Waals surface area contributed by atoms with E-state index >= 15 is 0 Å². The lowest BCUT2D eigenvalue weighted by atomic mass is 9.80. The summed E-state index contributed by atoms with van der Waals surface area (Å²) in [5.41, 5.74) is 3.54. The van der Waals surface area contributed by atoms with Gasteiger partial charge in [-0.25, -0.2) is 9.97 Å². The first-order valence-corrected chi connectivity index (χ1v) is 11.2. The first kappa shape index (κ1) is 21.8. The van der Waals surface area contributed by atoms with Crippen LogP contribution in [0.2, 0.25) is 0 Å². The van der Waals surface area contributed by atoms with Gasteiger partial charge in [-0.1, -0.05) is 20.8 Å². The fraction of sp³-hybridized carbons (Fsp3) is 0.360. The zero-order valence-corrected chi connectivity index (χ0v) is 19.7. The number of benzene rings is 1. The van der Waals surface area contributed by atoms with Crippen molar-refractivity contribution in [2.24, 2.45) is 18.4 Å². The molecular weight excluding hydrogens is 428 g/mol. The number of anilines is 1. The number of pyridine rings is 1. The van der Waals surface area contributed by atoms with Crippen molar-refractivity contribution in [1.82, 2.24) is 29.9 Å². The third-order valence-corrected chi connectivity index (χ3v) is 6.53. The molecule has 0 radical (unpaired) electrons. The monoisotopic (exact) mass is 454 g/mol. The molecule has 9 nitrogen and oxygen atoms in total. The summed E-state index contributed by atoms with van der Waals surface area (Å²) in [6.45, 7) is 8.61. The standard InChI is InChI=1S/C25H26N8O/c1-25(2,3)19-5-6-33(14-19)24-28-12-20(29-30-24)23-21(34)9-17(11-27-23)15-7-16(10-26)22-18(8-15)13-32(4)31-22/h7-9,11-13,19,34H,5-6,14H2,1-4H3/t19-/m0/s1. The predicted molar refractivity (Wildman–Crippen MR) is 129 cm³/mol. The average Bonchev–Trinajstić information content (AvgIpc) is 3.45. The van der Waals surface area contributed by atoms with Crippen LogP contribution in [0.25, 0.3) is 33.4 Å². The van der Waals surface area contributed by atoms with Crippen LogP contribution in [0.15, 0.2) is 36.8 Å². The van der Waals surface area contributed by atoms with E-state index in [9.17, 15) is 10.4 Å². The van der Waals surface area contributed by atoms with Crippen LogP contribution in [0, 0.1) is 22.7 Å². The highest BCUT2D eigenvalue weighted by Crippen LogP contribution is 2.35. The Morgan fingerprint density at radius 1 is 1.09 bits per heavy atom. The summed E-state index contributed by atoms with van der Waals surface area (Å²) in [5, 5.41) is 34.0. The van der Waals surface area contributed by atoms with E-state index in [-0.39, 0.29) is 11.2 Å². The third-order valence-electron chi connectivity index (χ3n) is 6.53. The van der Waals surface area contributed by atoms with Crippen LogP contribution in [0.4, 0.5) is 5.95 Å². The quantitative estimate of drug-likeness (QED) is 0.495. The maximum absolute atomic E-state index is 10.7. The Morgan fingerprint density at radius 2 is 1.91 bits per heavy atom. The van der Waals surface area contributed by atoms with Gasteiger partial charge in [-0.3, -0.25) is 4.68 Å². The van der Waals surface area contributed by atoms with Crippen molar-refractivity contribution in [3.05, 3.63) is 42.4 Å². The zero-order valence-electron chi connectivity index (χ0n) is 19.7. The first-order valence-electron chi connectivity index (χ1n) is 11.2. The number of nitrogens with zero attached hydrogens (tertiary/aromatic N) is 8. The predicted octanol–water partition coefficient (Wildman–Crippen LogP) is 3.94. The number of aromatic hydroxyl groups is 1. The van der Waals surface area contributed by atoms with E-state index in [0.717, 1.165) is 30.5 Å². The van der Waals surface area contributed by atoms with Crippen LogP contribution in [0.3, 0.4) is 0 Å². The fourth-order valence-electron chi connectivity index (χ4n) is 4.49. The Hall–Kier alpha value is -4.06. The van der Waals surface area contributed by atoms with Crippen molar-refractivity contribution < 1.29 is 5.11 Å². The van der Waals surface area contributed by atoms with Crippen LogP contribution >= 0.6 is 0 Å². The number of rotatable bonds is 3. The van der Waals surface area contributed by atoms with Crippen LogP contribution in [-0.2, 0) is 7.05 Å². The largest absolute Gasteiger partial charge is 0.506 e. The number of aryl methyl sites for hydroxylation is 1. The molecule has 1 aliphatic heterocycles. The highest BCUT2D eigenvalue weighted by Gasteiger charge is 2.33. The molecule has 4 aromatic rings. The molecule has 1 saturated heterocycles. The van der Waals surface area contributed by atoms with E-state index in [1.807, 2.05) is 19.3 Å². The van der Waals surface area contributed by atoms with Gasteiger partial charge in [-0.05, 0) is 41.5 Å². The van der Waals surface area contributed by atoms with E-state index in [1.54, 1.807) is 29.2 Å². The summed E-state index contributed by atoms with van der Waals surface area (Å²) in [4.78, 5) is 11.1. The van der Waals surface area contributed by atoms with Gasteiger partial charge in [0, 0.05) is 43.5 Å². The number of hydrogen-bond donors (Lipinski definition) is 1. The topological polar surface area (TPSA) is 117 Å². The molecule has 0 unspecified atom stereocenters. The third kappa shape index (κ3) is 3.92. The van der Waals surface area contributed by atoms with Crippen molar-refractivity contribution in [2.75, 3.05) is 18.0 Å². The highest BCUT2D eigenvalue weighted by molar-refractivity contribution is 5.89. The van der Waals surface area contributed by atoms with Gasteiger partial charge in [0.05, 0.1) is 11.8 Å². The van der Waals surface area contributed by atoms with Crippen LogP contribution in [0.5, 0.6) is 5.75 Å². The molecule has 0 saturated carbocycles. The van der Waals surface area contributed by atoms with Gasteiger partial charge in [0.1, 0.15) is 28.7 Å². The molecule has 1 aliphatic rings. The van der Waals surface area contributed by atoms with Crippen LogP contribution in [-0.4, -0.2) is 48.1 Å². The molecule has 34 heavy (non-hydrogen) atoms. The Morgan fingerprint density at radius 3 is 2.56 bits per heavy atom. The smallest absolute Gasteiger partial charge is 0.245 e. The van der Waals surface area contributed by atoms with E-state index < -0.39 is 0 Å². The highest BCUT2D eigenvalue weighted by atomic mass is 16.3. The minimum atomic E-state index is -0.0277. The summed E-state index contributed by atoms with van der Waals surface area (Å²) in [7, 11) is 1.82. The fourth-order valence-corrected chi connectivity index (χ4v) is 4.49. The molecule has 5 rings (SSSR count). The lowest BCUT2D eigenvalue weighted by Gasteiger charge is -2.26. The number of nitriles is 1. The molecule has 1 aromatic carbocycles. The van der Waals surface area contributed by atoms with Crippen molar-refractivity contribution in [3.63, 3.8) is 0 Å². The molecule has 0 amide bonds. The molecule has 4 heterocycles. The first-order chi connectivity index (χ1) is 16.2. The van der Waals surface area contributed by atoms with Gasteiger partial charge in [0.15, 0.2) is 0 Å².